The number of methoxy groups -OCH3 is 1. The third-order valence-electron chi connectivity index (χ3n) is 5.11. The molecule has 1 heterocycles. The van der Waals surface area contributed by atoms with Crippen LogP contribution < -0.4 is 4.74 Å². The van der Waals surface area contributed by atoms with Gasteiger partial charge in [-0.05, 0) is 48.7 Å². The molecular formula is C22H27FN2O2. The monoisotopic (exact) mass is 370 g/mol. The quantitative estimate of drug-likeness (QED) is 0.751. The molecule has 27 heavy (non-hydrogen) atoms. The number of benzene rings is 2. The summed E-state index contributed by atoms with van der Waals surface area (Å²) in [5, 5.41) is 0. The number of rotatable bonds is 7. The van der Waals surface area contributed by atoms with Crippen LogP contribution >= 0.6 is 0 Å². The highest BCUT2D eigenvalue weighted by Crippen LogP contribution is 2.19. The van der Waals surface area contributed by atoms with E-state index in [2.05, 4.69) is 11.0 Å². The van der Waals surface area contributed by atoms with E-state index in [4.69, 9.17) is 4.74 Å². The zero-order valence-corrected chi connectivity index (χ0v) is 15.9. The largest absolute Gasteiger partial charge is 0.496 e. The first-order valence-electron chi connectivity index (χ1n) is 9.52. The molecule has 0 atom stereocenters. The summed E-state index contributed by atoms with van der Waals surface area (Å²) in [6, 6.07) is 14.3. The third-order valence-corrected chi connectivity index (χ3v) is 5.11. The van der Waals surface area contributed by atoms with Gasteiger partial charge in [-0.25, -0.2) is 4.39 Å². The molecular weight excluding hydrogens is 343 g/mol. The average Bonchev–Trinajstić information content (AvgIpc) is 2.70. The van der Waals surface area contributed by atoms with Crippen LogP contribution in [0.15, 0.2) is 48.5 Å². The summed E-state index contributed by atoms with van der Waals surface area (Å²) in [5.74, 6) is 0.803. The minimum Gasteiger partial charge on any atom is -0.496 e. The number of amides is 1. The Kier molecular flexibility index (Phi) is 6.82. The number of carbonyl (C=O) groups excluding carboxylic acids is 1. The molecule has 4 nitrogen and oxygen atoms in total. The van der Waals surface area contributed by atoms with Gasteiger partial charge >= 0.3 is 0 Å². The lowest BCUT2D eigenvalue weighted by Crippen LogP contribution is -2.49. The van der Waals surface area contributed by atoms with Crippen LogP contribution in [-0.4, -0.2) is 55.5 Å². The Morgan fingerprint density at radius 3 is 2.44 bits per heavy atom. The van der Waals surface area contributed by atoms with Crippen LogP contribution in [0.3, 0.4) is 0 Å². The highest BCUT2D eigenvalue weighted by Gasteiger charge is 2.20. The SMILES string of the molecule is COc1ccccc1CCCN1CCN(C(=O)Cc2ccc(F)cc2)CC1. The molecule has 0 spiro atoms. The van der Waals surface area contributed by atoms with E-state index in [1.807, 2.05) is 23.1 Å². The zero-order valence-electron chi connectivity index (χ0n) is 15.9. The topological polar surface area (TPSA) is 32.8 Å². The second-order valence-corrected chi connectivity index (χ2v) is 6.94. The van der Waals surface area contributed by atoms with Crippen LogP contribution in [0.5, 0.6) is 5.75 Å². The van der Waals surface area contributed by atoms with Gasteiger partial charge in [-0.3, -0.25) is 9.69 Å². The van der Waals surface area contributed by atoms with Crippen LogP contribution in [0.4, 0.5) is 4.39 Å². The van der Waals surface area contributed by atoms with Gasteiger partial charge in [0.1, 0.15) is 11.6 Å². The number of ether oxygens (including phenoxy) is 1. The maximum atomic E-state index is 13.0. The molecule has 0 saturated carbocycles. The van der Waals surface area contributed by atoms with Crippen molar-refractivity contribution in [1.82, 2.24) is 9.80 Å². The fourth-order valence-corrected chi connectivity index (χ4v) is 3.51. The van der Waals surface area contributed by atoms with Crippen molar-refractivity contribution in [3.05, 3.63) is 65.5 Å². The molecule has 2 aromatic carbocycles. The van der Waals surface area contributed by atoms with Crippen molar-refractivity contribution in [2.75, 3.05) is 39.8 Å². The number of hydrogen-bond donors (Lipinski definition) is 0. The predicted octanol–water partition coefficient (Wildman–Crippen LogP) is 3.15. The lowest BCUT2D eigenvalue weighted by Gasteiger charge is -2.34. The summed E-state index contributed by atoms with van der Waals surface area (Å²) in [6.07, 6.45) is 2.41. The van der Waals surface area contributed by atoms with Gasteiger partial charge in [0, 0.05) is 26.2 Å². The second-order valence-electron chi connectivity index (χ2n) is 6.94. The van der Waals surface area contributed by atoms with Crippen LogP contribution in [0, 0.1) is 5.82 Å². The lowest BCUT2D eigenvalue weighted by molar-refractivity contribution is -0.132. The maximum Gasteiger partial charge on any atom is 0.227 e. The van der Waals surface area contributed by atoms with E-state index >= 15 is 0 Å². The first kappa shape index (κ1) is 19.4. The summed E-state index contributed by atoms with van der Waals surface area (Å²) in [5.41, 5.74) is 2.11. The molecule has 0 aromatic heterocycles. The van der Waals surface area contributed by atoms with Crippen molar-refractivity contribution in [3.63, 3.8) is 0 Å². The van der Waals surface area contributed by atoms with Gasteiger partial charge in [-0.15, -0.1) is 0 Å². The fourth-order valence-electron chi connectivity index (χ4n) is 3.51. The number of para-hydroxylation sites is 1. The Bertz CT molecular complexity index is 740. The number of piperazine rings is 1. The van der Waals surface area contributed by atoms with E-state index in [0.717, 1.165) is 56.9 Å². The molecule has 1 saturated heterocycles. The van der Waals surface area contributed by atoms with Crippen molar-refractivity contribution in [2.45, 2.75) is 19.3 Å². The molecule has 1 aliphatic heterocycles. The molecule has 2 aromatic rings. The predicted molar refractivity (Wildman–Crippen MR) is 104 cm³/mol. The third kappa shape index (κ3) is 5.54. The highest BCUT2D eigenvalue weighted by molar-refractivity contribution is 5.78. The molecule has 5 heteroatoms. The Morgan fingerprint density at radius 1 is 1.04 bits per heavy atom. The Morgan fingerprint density at radius 2 is 1.74 bits per heavy atom. The molecule has 144 valence electrons. The van der Waals surface area contributed by atoms with Crippen molar-refractivity contribution in [1.29, 1.82) is 0 Å². The minimum absolute atomic E-state index is 0.121. The van der Waals surface area contributed by atoms with E-state index in [1.54, 1.807) is 19.2 Å². The van der Waals surface area contributed by atoms with E-state index < -0.39 is 0 Å². The molecule has 1 fully saturated rings. The van der Waals surface area contributed by atoms with Gasteiger partial charge in [0.15, 0.2) is 0 Å². The molecule has 1 aliphatic rings. The molecule has 0 radical (unpaired) electrons. The van der Waals surface area contributed by atoms with E-state index in [1.165, 1.54) is 17.7 Å². The van der Waals surface area contributed by atoms with Gasteiger partial charge in [-0.2, -0.15) is 0 Å². The summed E-state index contributed by atoms with van der Waals surface area (Å²) in [4.78, 5) is 16.8. The number of halogens is 1. The van der Waals surface area contributed by atoms with E-state index in [0.29, 0.717) is 6.42 Å². The average molecular weight is 370 g/mol. The Labute approximate surface area is 160 Å². The highest BCUT2D eigenvalue weighted by atomic mass is 19.1. The van der Waals surface area contributed by atoms with Gasteiger partial charge < -0.3 is 9.64 Å². The lowest BCUT2D eigenvalue weighted by atomic mass is 10.1. The smallest absolute Gasteiger partial charge is 0.227 e. The normalized spacial score (nSPS) is 15.0. The molecule has 1 amide bonds. The molecule has 3 rings (SSSR count). The first-order chi connectivity index (χ1) is 13.2. The van der Waals surface area contributed by atoms with E-state index in [9.17, 15) is 9.18 Å². The van der Waals surface area contributed by atoms with Gasteiger partial charge in [0.2, 0.25) is 5.91 Å². The van der Waals surface area contributed by atoms with Gasteiger partial charge in [0.05, 0.1) is 13.5 Å². The van der Waals surface area contributed by atoms with Crippen molar-refractivity contribution in [2.24, 2.45) is 0 Å². The summed E-state index contributed by atoms with van der Waals surface area (Å²) in [7, 11) is 1.71. The summed E-state index contributed by atoms with van der Waals surface area (Å²) in [6.45, 7) is 4.35. The van der Waals surface area contributed by atoms with E-state index in [-0.39, 0.29) is 11.7 Å². The number of hydrogen-bond acceptors (Lipinski definition) is 3. The Hall–Kier alpha value is -2.40. The van der Waals surface area contributed by atoms with Gasteiger partial charge in [-0.1, -0.05) is 30.3 Å². The van der Waals surface area contributed by atoms with Crippen LogP contribution in [-0.2, 0) is 17.6 Å². The van der Waals surface area contributed by atoms with Gasteiger partial charge in [0.25, 0.3) is 0 Å². The van der Waals surface area contributed by atoms with Crippen LogP contribution in [0.25, 0.3) is 0 Å². The maximum absolute atomic E-state index is 13.0. The fraction of sp³-hybridized carbons (Fsp3) is 0.409. The zero-order chi connectivity index (χ0) is 19.1. The van der Waals surface area contributed by atoms with Crippen molar-refractivity contribution >= 4 is 5.91 Å². The summed E-state index contributed by atoms with van der Waals surface area (Å²) < 4.78 is 18.4. The second kappa shape index (κ2) is 9.51. The number of nitrogens with zero attached hydrogens (tertiary/aromatic N) is 2. The minimum atomic E-state index is -0.270. The number of aryl methyl sites for hydroxylation is 1. The van der Waals surface area contributed by atoms with Crippen molar-refractivity contribution in [3.8, 4) is 5.75 Å². The standard InChI is InChI=1S/C22H27FN2O2/c1-27-21-7-3-2-5-19(21)6-4-12-24-13-15-25(16-14-24)22(26)17-18-8-10-20(23)11-9-18/h2-3,5,7-11H,4,6,12-17H2,1H3. The first-order valence-corrected chi connectivity index (χ1v) is 9.52. The van der Waals surface area contributed by atoms with Crippen LogP contribution in [0.2, 0.25) is 0 Å². The number of carbonyl (C=O) groups is 1. The van der Waals surface area contributed by atoms with Crippen LogP contribution in [0.1, 0.15) is 17.5 Å². The molecule has 0 aliphatic carbocycles. The van der Waals surface area contributed by atoms with Crippen molar-refractivity contribution < 1.29 is 13.9 Å². The molecule has 0 unspecified atom stereocenters. The molecule has 0 bridgehead atoms. The molecule has 0 N–H and O–H groups in total. The summed E-state index contributed by atoms with van der Waals surface area (Å²) >= 11 is 0. The Balaban J connectivity index is 1.39.